The second kappa shape index (κ2) is 3.49. The van der Waals surface area contributed by atoms with E-state index in [1.807, 2.05) is 12.1 Å². The van der Waals surface area contributed by atoms with Crippen molar-refractivity contribution < 1.29 is 4.52 Å². The van der Waals surface area contributed by atoms with Crippen LogP contribution in [0.1, 0.15) is 5.56 Å². The summed E-state index contributed by atoms with van der Waals surface area (Å²) in [7, 11) is 0. The molecule has 2 aromatic rings. The van der Waals surface area contributed by atoms with Crippen LogP contribution in [-0.4, -0.2) is 5.16 Å². The lowest BCUT2D eigenvalue weighted by Gasteiger charge is -1.92. The molecule has 2 rings (SSSR count). The van der Waals surface area contributed by atoms with Gasteiger partial charge in [0.05, 0.1) is 15.4 Å². The number of thiophene rings is 1. The van der Waals surface area contributed by atoms with Gasteiger partial charge in [-0.15, -0.1) is 11.3 Å². The number of halogens is 1. The van der Waals surface area contributed by atoms with Crippen molar-refractivity contribution in [2.24, 2.45) is 5.73 Å². The molecule has 0 aliphatic rings. The highest BCUT2D eigenvalue weighted by molar-refractivity contribution is 7.19. The lowest BCUT2D eigenvalue weighted by molar-refractivity contribution is 0.432. The van der Waals surface area contributed by atoms with Crippen LogP contribution in [0.2, 0.25) is 4.34 Å². The lowest BCUT2D eigenvalue weighted by Crippen LogP contribution is -1.95. The monoisotopic (exact) mass is 214 g/mol. The van der Waals surface area contributed by atoms with Gasteiger partial charge >= 0.3 is 0 Å². The number of nitrogens with two attached hydrogens (primary N) is 1. The Morgan fingerprint density at radius 2 is 2.38 bits per heavy atom. The summed E-state index contributed by atoms with van der Waals surface area (Å²) < 4.78 is 5.81. The van der Waals surface area contributed by atoms with Gasteiger partial charge in [0, 0.05) is 12.1 Å². The van der Waals surface area contributed by atoms with E-state index in [4.69, 9.17) is 21.9 Å². The van der Waals surface area contributed by atoms with Gasteiger partial charge in [0.15, 0.2) is 5.76 Å². The molecule has 0 fully saturated rings. The number of hydrogen-bond donors (Lipinski definition) is 1. The van der Waals surface area contributed by atoms with Gasteiger partial charge in [-0.25, -0.2) is 0 Å². The van der Waals surface area contributed by atoms with Gasteiger partial charge in [-0.05, 0) is 12.1 Å². The first-order valence-electron chi connectivity index (χ1n) is 3.70. The van der Waals surface area contributed by atoms with Crippen molar-refractivity contribution in [2.45, 2.75) is 6.54 Å². The molecule has 0 amide bonds. The van der Waals surface area contributed by atoms with Crippen LogP contribution in [0.15, 0.2) is 22.9 Å². The van der Waals surface area contributed by atoms with Crippen LogP contribution < -0.4 is 5.73 Å². The van der Waals surface area contributed by atoms with E-state index in [0.29, 0.717) is 6.54 Å². The Labute approximate surface area is 84.1 Å². The van der Waals surface area contributed by atoms with Crippen molar-refractivity contribution >= 4 is 22.9 Å². The summed E-state index contributed by atoms with van der Waals surface area (Å²) in [6, 6.07) is 3.72. The quantitative estimate of drug-likeness (QED) is 0.836. The minimum absolute atomic E-state index is 0.425. The zero-order valence-electron chi connectivity index (χ0n) is 6.66. The van der Waals surface area contributed by atoms with E-state index >= 15 is 0 Å². The van der Waals surface area contributed by atoms with Gasteiger partial charge in [0.25, 0.3) is 0 Å². The van der Waals surface area contributed by atoms with Gasteiger partial charge in [-0.1, -0.05) is 16.8 Å². The maximum atomic E-state index is 5.80. The fourth-order valence-electron chi connectivity index (χ4n) is 1.04. The van der Waals surface area contributed by atoms with Crippen LogP contribution in [0.5, 0.6) is 0 Å². The maximum Gasteiger partial charge on any atom is 0.181 e. The zero-order valence-corrected chi connectivity index (χ0v) is 8.23. The average Bonchev–Trinajstić information content (AvgIpc) is 2.71. The maximum absolute atomic E-state index is 5.80. The summed E-state index contributed by atoms with van der Waals surface area (Å²) in [4.78, 5) is 0.961. The fraction of sp³-hybridized carbons (Fsp3) is 0.125. The van der Waals surface area contributed by atoms with E-state index in [9.17, 15) is 0 Å². The van der Waals surface area contributed by atoms with Gasteiger partial charge < -0.3 is 10.3 Å². The predicted octanol–water partition coefficient (Wildman–Crippen LogP) is 2.52. The molecular weight excluding hydrogens is 208 g/mol. The van der Waals surface area contributed by atoms with Crippen molar-refractivity contribution in [3.63, 3.8) is 0 Å². The van der Waals surface area contributed by atoms with Gasteiger partial charge in [-0.3, -0.25) is 0 Å². The normalized spacial score (nSPS) is 10.6. The summed E-state index contributed by atoms with van der Waals surface area (Å²) in [5.74, 6) is 0.722. The van der Waals surface area contributed by atoms with Crippen molar-refractivity contribution in [1.29, 1.82) is 0 Å². The summed E-state index contributed by atoms with van der Waals surface area (Å²) in [5, 5.41) is 3.69. The first-order chi connectivity index (χ1) is 6.31. The molecule has 68 valence electrons. The molecular formula is C8H7ClN2OS. The second-order valence-corrected chi connectivity index (χ2v) is 4.20. The molecule has 2 heterocycles. The molecule has 0 unspecified atom stereocenters. The largest absolute Gasteiger partial charge is 0.355 e. The van der Waals surface area contributed by atoms with Crippen molar-refractivity contribution in [2.75, 3.05) is 0 Å². The van der Waals surface area contributed by atoms with Gasteiger partial charge in [-0.2, -0.15) is 0 Å². The van der Waals surface area contributed by atoms with E-state index in [0.717, 1.165) is 20.5 Å². The molecule has 3 nitrogen and oxygen atoms in total. The first kappa shape index (κ1) is 8.74. The third kappa shape index (κ3) is 1.60. The molecule has 13 heavy (non-hydrogen) atoms. The Bertz CT molecular complexity index is 410. The van der Waals surface area contributed by atoms with Crippen LogP contribution >= 0.6 is 22.9 Å². The minimum atomic E-state index is 0.425. The van der Waals surface area contributed by atoms with E-state index in [1.165, 1.54) is 11.3 Å². The molecule has 0 atom stereocenters. The van der Waals surface area contributed by atoms with Crippen molar-refractivity contribution in [3.8, 4) is 10.6 Å². The van der Waals surface area contributed by atoms with Crippen LogP contribution in [0.4, 0.5) is 0 Å². The molecule has 0 saturated heterocycles. The Morgan fingerprint density at radius 1 is 1.54 bits per heavy atom. The highest BCUT2D eigenvalue weighted by Gasteiger charge is 2.10. The molecule has 0 aliphatic carbocycles. The molecule has 0 saturated carbocycles. The molecule has 0 bridgehead atoms. The molecule has 2 aromatic heterocycles. The second-order valence-electron chi connectivity index (χ2n) is 2.49. The summed E-state index contributed by atoms with van der Waals surface area (Å²) in [6.07, 6.45) is 1.63. The molecule has 0 aliphatic heterocycles. The molecule has 0 radical (unpaired) electrons. The third-order valence-corrected chi connectivity index (χ3v) is 2.89. The highest BCUT2D eigenvalue weighted by atomic mass is 35.5. The van der Waals surface area contributed by atoms with Crippen LogP contribution in [0, 0.1) is 0 Å². The summed E-state index contributed by atoms with van der Waals surface area (Å²) in [6.45, 7) is 0.425. The Morgan fingerprint density at radius 3 is 3.00 bits per heavy atom. The van der Waals surface area contributed by atoms with Crippen LogP contribution in [0.3, 0.4) is 0 Å². The summed E-state index contributed by atoms with van der Waals surface area (Å²) in [5.41, 5.74) is 6.41. The van der Waals surface area contributed by atoms with Crippen molar-refractivity contribution in [3.05, 3.63) is 28.2 Å². The smallest absolute Gasteiger partial charge is 0.181 e. The van der Waals surface area contributed by atoms with Gasteiger partial charge in [0.2, 0.25) is 0 Å². The molecule has 5 heteroatoms. The van der Waals surface area contributed by atoms with Gasteiger partial charge in [0.1, 0.15) is 0 Å². The topological polar surface area (TPSA) is 52.0 Å². The highest BCUT2D eigenvalue weighted by Crippen LogP contribution is 2.32. The average molecular weight is 215 g/mol. The van der Waals surface area contributed by atoms with E-state index in [2.05, 4.69) is 5.16 Å². The van der Waals surface area contributed by atoms with Crippen LogP contribution in [-0.2, 0) is 6.54 Å². The lowest BCUT2D eigenvalue weighted by atomic mass is 10.2. The number of aromatic nitrogens is 1. The molecule has 0 spiro atoms. The third-order valence-electron chi connectivity index (χ3n) is 1.66. The summed E-state index contributed by atoms with van der Waals surface area (Å²) >= 11 is 7.25. The number of rotatable bonds is 2. The molecule has 2 N–H and O–H groups in total. The van der Waals surface area contributed by atoms with E-state index in [-0.39, 0.29) is 0 Å². The number of nitrogens with zero attached hydrogens (tertiary/aromatic N) is 1. The Hall–Kier alpha value is -0.840. The standard InChI is InChI=1S/C8H7ClN2OS/c9-7-2-1-6(13-7)8-5(3-10)4-11-12-8/h1-2,4H,3,10H2. The number of hydrogen-bond acceptors (Lipinski definition) is 4. The first-order valence-corrected chi connectivity index (χ1v) is 4.90. The Balaban J connectivity index is 2.45. The zero-order chi connectivity index (χ0) is 9.26. The molecule has 0 aromatic carbocycles. The predicted molar refractivity (Wildman–Crippen MR) is 52.7 cm³/mol. The van der Waals surface area contributed by atoms with E-state index in [1.54, 1.807) is 6.20 Å². The Kier molecular flexibility index (Phi) is 2.35. The van der Waals surface area contributed by atoms with Crippen molar-refractivity contribution in [1.82, 2.24) is 5.16 Å². The fourth-order valence-corrected chi connectivity index (χ4v) is 2.10. The van der Waals surface area contributed by atoms with E-state index < -0.39 is 0 Å². The SMILES string of the molecule is NCc1cnoc1-c1ccc(Cl)s1. The minimum Gasteiger partial charge on any atom is -0.355 e. The van der Waals surface area contributed by atoms with Crippen LogP contribution in [0.25, 0.3) is 10.6 Å².